The lowest BCUT2D eigenvalue weighted by molar-refractivity contribution is 0.147. The van der Waals surface area contributed by atoms with Gasteiger partial charge >= 0.3 is 0 Å². The number of rotatable bonds is 1. The van der Waals surface area contributed by atoms with Crippen molar-refractivity contribution in [3.05, 3.63) is 27.9 Å². The van der Waals surface area contributed by atoms with Crippen molar-refractivity contribution in [2.45, 2.75) is 6.43 Å². The predicted octanol–water partition coefficient (Wildman–Crippen LogP) is 3.81. The molecule has 0 radical (unpaired) electrons. The summed E-state index contributed by atoms with van der Waals surface area (Å²) in [5.41, 5.74) is -0.0260. The van der Waals surface area contributed by atoms with Crippen LogP contribution in [0.3, 0.4) is 0 Å². The maximum Gasteiger partial charge on any atom is 0.280 e. The van der Waals surface area contributed by atoms with Crippen molar-refractivity contribution in [2.75, 3.05) is 0 Å². The standard InChI is InChI=1S/C8H4Cl2F2N2/c9-3-1-2-4(10)6-5(3)7(8(11)12)14-13-6/h1-2,8H,(H,13,14). The van der Waals surface area contributed by atoms with E-state index in [9.17, 15) is 8.78 Å². The summed E-state index contributed by atoms with van der Waals surface area (Å²) in [7, 11) is 0. The van der Waals surface area contributed by atoms with Gasteiger partial charge in [0.05, 0.1) is 10.0 Å². The maximum atomic E-state index is 12.5. The molecule has 74 valence electrons. The number of aromatic amines is 1. The van der Waals surface area contributed by atoms with E-state index in [1.54, 1.807) is 0 Å². The first kappa shape index (κ1) is 9.68. The quantitative estimate of drug-likeness (QED) is 0.802. The summed E-state index contributed by atoms with van der Waals surface area (Å²) in [6.07, 6.45) is -2.64. The normalized spacial score (nSPS) is 11.5. The smallest absolute Gasteiger partial charge is 0.275 e. The molecule has 1 N–H and O–H groups in total. The molecule has 2 nitrogen and oxygen atoms in total. The summed E-state index contributed by atoms with van der Waals surface area (Å²) >= 11 is 11.5. The molecule has 0 aliphatic heterocycles. The number of fused-ring (bicyclic) bond motifs is 1. The Morgan fingerprint density at radius 3 is 2.50 bits per heavy atom. The highest BCUT2D eigenvalue weighted by molar-refractivity contribution is 6.40. The molecule has 0 saturated heterocycles. The van der Waals surface area contributed by atoms with Crippen LogP contribution < -0.4 is 0 Å². The molecule has 0 fully saturated rings. The second-order valence-corrected chi connectivity index (χ2v) is 3.51. The first-order chi connectivity index (χ1) is 6.61. The second kappa shape index (κ2) is 3.37. The fourth-order valence-electron chi connectivity index (χ4n) is 1.24. The Hall–Kier alpha value is -0.870. The van der Waals surface area contributed by atoms with Gasteiger partial charge in [-0.1, -0.05) is 23.2 Å². The van der Waals surface area contributed by atoms with E-state index in [4.69, 9.17) is 23.2 Å². The Labute approximate surface area is 87.8 Å². The third kappa shape index (κ3) is 1.35. The van der Waals surface area contributed by atoms with E-state index in [0.29, 0.717) is 5.02 Å². The zero-order valence-electron chi connectivity index (χ0n) is 6.69. The average molecular weight is 237 g/mol. The summed E-state index contributed by atoms with van der Waals surface area (Å²) < 4.78 is 24.9. The highest BCUT2D eigenvalue weighted by Gasteiger charge is 2.18. The molecule has 0 saturated carbocycles. The summed E-state index contributed by atoms with van der Waals surface area (Å²) in [6, 6.07) is 2.98. The van der Waals surface area contributed by atoms with Gasteiger partial charge in [-0.2, -0.15) is 5.10 Å². The molecule has 1 aromatic carbocycles. The molecular weight excluding hydrogens is 233 g/mol. The lowest BCUT2D eigenvalue weighted by atomic mass is 10.2. The molecule has 6 heteroatoms. The number of aromatic nitrogens is 2. The van der Waals surface area contributed by atoms with Gasteiger partial charge in [-0.15, -0.1) is 0 Å². The van der Waals surface area contributed by atoms with Crippen molar-refractivity contribution < 1.29 is 8.78 Å². The van der Waals surface area contributed by atoms with Crippen LogP contribution in [0.2, 0.25) is 10.0 Å². The number of hydrogen-bond donors (Lipinski definition) is 1. The molecule has 0 atom stereocenters. The van der Waals surface area contributed by atoms with Crippen molar-refractivity contribution in [3.8, 4) is 0 Å². The van der Waals surface area contributed by atoms with E-state index in [-0.39, 0.29) is 21.6 Å². The largest absolute Gasteiger partial charge is 0.280 e. The highest BCUT2D eigenvalue weighted by Crippen LogP contribution is 2.34. The molecule has 14 heavy (non-hydrogen) atoms. The van der Waals surface area contributed by atoms with Crippen LogP contribution in [0, 0.1) is 0 Å². The van der Waals surface area contributed by atoms with Gasteiger partial charge in [0, 0.05) is 5.39 Å². The fourth-order valence-corrected chi connectivity index (χ4v) is 1.69. The number of benzene rings is 1. The Morgan fingerprint density at radius 1 is 1.21 bits per heavy atom. The maximum absolute atomic E-state index is 12.5. The van der Waals surface area contributed by atoms with Crippen LogP contribution in [0.15, 0.2) is 12.1 Å². The van der Waals surface area contributed by atoms with Gasteiger partial charge in [-0.3, -0.25) is 5.10 Å². The minimum Gasteiger partial charge on any atom is -0.275 e. The number of nitrogens with one attached hydrogen (secondary N) is 1. The van der Waals surface area contributed by atoms with E-state index in [2.05, 4.69) is 10.2 Å². The second-order valence-electron chi connectivity index (χ2n) is 2.69. The molecule has 1 aromatic heterocycles. The topological polar surface area (TPSA) is 28.7 Å². The average Bonchev–Trinajstić information content (AvgIpc) is 2.56. The van der Waals surface area contributed by atoms with Gasteiger partial charge in [0.25, 0.3) is 6.43 Å². The van der Waals surface area contributed by atoms with E-state index in [0.717, 1.165) is 0 Å². The summed E-state index contributed by atoms with van der Waals surface area (Å²) in [5, 5.41) is 6.61. The van der Waals surface area contributed by atoms with Crippen molar-refractivity contribution >= 4 is 34.1 Å². The zero-order chi connectivity index (χ0) is 10.3. The van der Waals surface area contributed by atoms with Crippen LogP contribution in [-0.4, -0.2) is 10.2 Å². The molecule has 0 aliphatic rings. The van der Waals surface area contributed by atoms with Gasteiger partial charge in [0.1, 0.15) is 11.2 Å². The first-order valence-corrected chi connectivity index (χ1v) is 4.47. The van der Waals surface area contributed by atoms with Crippen molar-refractivity contribution in [2.24, 2.45) is 0 Å². The minimum absolute atomic E-state index is 0.189. The van der Waals surface area contributed by atoms with Gasteiger partial charge in [-0.05, 0) is 12.1 Å². The minimum atomic E-state index is -2.64. The molecule has 1 heterocycles. The van der Waals surface area contributed by atoms with Crippen LogP contribution >= 0.6 is 23.2 Å². The lowest BCUT2D eigenvalue weighted by Gasteiger charge is -1.98. The molecule has 2 rings (SSSR count). The third-order valence-electron chi connectivity index (χ3n) is 1.85. The molecule has 0 amide bonds. The molecule has 0 unspecified atom stereocenters. The van der Waals surface area contributed by atoms with Crippen LogP contribution in [0.1, 0.15) is 12.1 Å². The van der Waals surface area contributed by atoms with Crippen molar-refractivity contribution in [1.29, 1.82) is 0 Å². The Bertz CT molecular complexity index is 481. The zero-order valence-corrected chi connectivity index (χ0v) is 8.20. The van der Waals surface area contributed by atoms with Crippen LogP contribution in [-0.2, 0) is 0 Å². The monoisotopic (exact) mass is 236 g/mol. The molecular formula is C8H4Cl2F2N2. The number of H-pyrrole nitrogens is 1. The SMILES string of the molecule is FC(F)c1[nH]nc2c(Cl)ccc(Cl)c12. The van der Waals surface area contributed by atoms with Gasteiger partial charge in [-0.25, -0.2) is 8.78 Å². The van der Waals surface area contributed by atoms with E-state index in [1.165, 1.54) is 12.1 Å². The van der Waals surface area contributed by atoms with Crippen molar-refractivity contribution in [1.82, 2.24) is 10.2 Å². The Kier molecular flexibility index (Phi) is 2.33. The highest BCUT2D eigenvalue weighted by atomic mass is 35.5. The van der Waals surface area contributed by atoms with Crippen LogP contribution in [0.25, 0.3) is 10.9 Å². The molecule has 2 aromatic rings. The number of hydrogen-bond acceptors (Lipinski definition) is 1. The fraction of sp³-hybridized carbons (Fsp3) is 0.125. The van der Waals surface area contributed by atoms with E-state index < -0.39 is 6.43 Å². The Balaban J connectivity index is 2.84. The lowest BCUT2D eigenvalue weighted by Crippen LogP contribution is -1.84. The summed E-state index contributed by atoms with van der Waals surface area (Å²) in [5.74, 6) is 0. The third-order valence-corrected chi connectivity index (χ3v) is 2.47. The summed E-state index contributed by atoms with van der Waals surface area (Å²) in [6.45, 7) is 0. The van der Waals surface area contributed by atoms with Gasteiger partial charge in [0.2, 0.25) is 0 Å². The first-order valence-electron chi connectivity index (χ1n) is 3.71. The predicted molar refractivity (Wildman–Crippen MR) is 51.1 cm³/mol. The summed E-state index contributed by atoms with van der Waals surface area (Å²) in [4.78, 5) is 0. The molecule has 0 bridgehead atoms. The van der Waals surface area contributed by atoms with Gasteiger partial charge in [0.15, 0.2) is 0 Å². The van der Waals surface area contributed by atoms with E-state index >= 15 is 0 Å². The number of alkyl halides is 2. The van der Waals surface area contributed by atoms with Gasteiger partial charge < -0.3 is 0 Å². The van der Waals surface area contributed by atoms with Crippen LogP contribution in [0.5, 0.6) is 0 Å². The number of halogens is 4. The van der Waals surface area contributed by atoms with E-state index in [1.807, 2.05) is 0 Å². The van der Waals surface area contributed by atoms with Crippen molar-refractivity contribution in [3.63, 3.8) is 0 Å². The number of nitrogens with zero attached hydrogens (tertiary/aromatic N) is 1. The Morgan fingerprint density at radius 2 is 1.86 bits per heavy atom. The molecule has 0 aliphatic carbocycles. The van der Waals surface area contributed by atoms with Crippen LogP contribution in [0.4, 0.5) is 8.78 Å². The molecule has 0 spiro atoms.